The number of halogens is 2. The number of aliphatic hydroxyl groups is 1. The van der Waals surface area contributed by atoms with Gasteiger partial charge in [-0.05, 0) is 36.4 Å². The Morgan fingerprint density at radius 1 is 1.17 bits per heavy atom. The minimum atomic E-state index is -1.66. The zero-order chi connectivity index (χ0) is 17.2. The minimum absolute atomic E-state index is 0.0668. The van der Waals surface area contributed by atoms with E-state index in [1.807, 2.05) is 0 Å². The quantitative estimate of drug-likeness (QED) is 0.753. The van der Waals surface area contributed by atoms with Crippen molar-refractivity contribution in [3.05, 3.63) is 83.7 Å². The van der Waals surface area contributed by atoms with E-state index >= 15 is 0 Å². The Labute approximate surface area is 135 Å². The van der Waals surface area contributed by atoms with Crippen LogP contribution in [-0.4, -0.2) is 17.6 Å². The lowest BCUT2D eigenvalue weighted by Gasteiger charge is -2.25. The third kappa shape index (κ3) is 2.93. The second-order valence-electron chi connectivity index (χ2n) is 5.16. The number of carbonyl (C=O) groups is 1. The van der Waals surface area contributed by atoms with Gasteiger partial charge >= 0.3 is 0 Å². The maximum Gasteiger partial charge on any atom is 0.251 e. The normalized spacial score (nSPS) is 13.5. The highest BCUT2D eigenvalue weighted by Gasteiger charge is 2.36. The summed E-state index contributed by atoms with van der Waals surface area (Å²) in [6.07, 6.45) is 4.09. The fourth-order valence-electron chi connectivity index (χ4n) is 2.29. The molecule has 3 rings (SSSR count). The van der Waals surface area contributed by atoms with Gasteiger partial charge in [-0.1, -0.05) is 0 Å². The van der Waals surface area contributed by atoms with Gasteiger partial charge in [0.1, 0.15) is 5.76 Å². The Balaban J connectivity index is 1.82. The number of amides is 1. The van der Waals surface area contributed by atoms with Crippen LogP contribution in [0.2, 0.25) is 0 Å². The lowest BCUT2D eigenvalue weighted by Crippen LogP contribution is -2.41. The summed E-state index contributed by atoms with van der Waals surface area (Å²) in [4.78, 5) is 12.1. The van der Waals surface area contributed by atoms with Gasteiger partial charge in [0.15, 0.2) is 17.2 Å². The molecule has 2 aromatic heterocycles. The molecule has 2 heterocycles. The Bertz CT molecular complexity index is 794. The first-order valence-corrected chi connectivity index (χ1v) is 7.03. The van der Waals surface area contributed by atoms with E-state index in [4.69, 9.17) is 8.83 Å². The van der Waals surface area contributed by atoms with E-state index in [1.54, 1.807) is 12.1 Å². The second-order valence-corrected chi connectivity index (χ2v) is 5.16. The maximum absolute atomic E-state index is 13.2. The van der Waals surface area contributed by atoms with Gasteiger partial charge in [-0.2, -0.15) is 0 Å². The first kappa shape index (κ1) is 15.9. The van der Waals surface area contributed by atoms with Crippen LogP contribution in [0, 0.1) is 11.6 Å². The summed E-state index contributed by atoms with van der Waals surface area (Å²) in [5.41, 5.74) is -1.35. The summed E-state index contributed by atoms with van der Waals surface area (Å²) in [5, 5.41) is 13.4. The molecule has 0 aliphatic rings. The van der Waals surface area contributed by atoms with Crippen LogP contribution >= 0.6 is 0 Å². The van der Waals surface area contributed by atoms with E-state index in [-0.39, 0.29) is 17.9 Å². The number of hydrogen-bond donors (Lipinski definition) is 2. The van der Waals surface area contributed by atoms with Crippen LogP contribution in [0.4, 0.5) is 8.78 Å². The fraction of sp³-hybridized carbons (Fsp3) is 0.118. The first-order valence-electron chi connectivity index (χ1n) is 7.03. The maximum atomic E-state index is 13.2. The van der Waals surface area contributed by atoms with Gasteiger partial charge in [0, 0.05) is 11.1 Å². The third-order valence-corrected chi connectivity index (χ3v) is 3.61. The average molecular weight is 333 g/mol. The van der Waals surface area contributed by atoms with E-state index in [1.165, 1.54) is 24.9 Å². The number of carbonyl (C=O) groups excluding carboxylic acids is 1. The standard InChI is InChI=1S/C17H13F2NO4/c18-13-4-3-11(8-14(13)19)16(21)20-10-17(22,12-5-7-23-9-12)15-2-1-6-24-15/h1-9,22H,10H2,(H,20,21)/t17-/m0/s1. The highest BCUT2D eigenvalue weighted by molar-refractivity contribution is 5.94. The molecule has 1 amide bonds. The van der Waals surface area contributed by atoms with Crippen molar-refractivity contribution in [3.8, 4) is 0 Å². The van der Waals surface area contributed by atoms with E-state index in [0.29, 0.717) is 5.56 Å². The number of benzene rings is 1. The second kappa shape index (κ2) is 6.29. The average Bonchev–Trinajstić information content (AvgIpc) is 3.28. The van der Waals surface area contributed by atoms with E-state index in [0.717, 1.165) is 18.2 Å². The van der Waals surface area contributed by atoms with Crippen LogP contribution < -0.4 is 5.32 Å². The molecule has 0 radical (unpaired) electrons. The van der Waals surface area contributed by atoms with Crippen molar-refractivity contribution in [2.45, 2.75) is 5.60 Å². The minimum Gasteiger partial charge on any atom is -0.472 e. The van der Waals surface area contributed by atoms with Crippen LogP contribution in [0.1, 0.15) is 21.7 Å². The number of hydrogen-bond acceptors (Lipinski definition) is 4. The van der Waals surface area contributed by atoms with Gasteiger partial charge in [0.2, 0.25) is 0 Å². The molecule has 0 saturated heterocycles. The molecule has 7 heteroatoms. The molecule has 0 aliphatic carbocycles. The number of nitrogens with one attached hydrogen (secondary N) is 1. The zero-order valence-corrected chi connectivity index (χ0v) is 12.3. The molecule has 3 aromatic rings. The lowest BCUT2D eigenvalue weighted by atomic mass is 9.93. The third-order valence-electron chi connectivity index (χ3n) is 3.61. The molecule has 1 atom stereocenters. The summed E-state index contributed by atoms with van der Waals surface area (Å²) < 4.78 is 36.4. The molecular weight excluding hydrogens is 320 g/mol. The van der Waals surface area contributed by atoms with Gasteiger partial charge in [0.05, 0.1) is 25.3 Å². The topological polar surface area (TPSA) is 75.6 Å². The number of rotatable bonds is 5. The molecule has 124 valence electrons. The summed E-state index contributed by atoms with van der Waals surface area (Å²) in [5.74, 6) is -2.63. The molecule has 0 spiro atoms. The summed E-state index contributed by atoms with van der Waals surface area (Å²) >= 11 is 0. The molecule has 0 aliphatic heterocycles. The van der Waals surface area contributed by atoms with Crippen LogP contribution in [0.5, 0.6) is 0 Å². The Hall–Kier alpha value is -2.93. The molecule has 1 aromatic carbocycles. The van der Waals surface area contributed by atoms with Crippen LogP contribution in [0.3, 0.4) is 0 Å². The highest BCUT2D eigenvalue weighted by Crippen LogP contribution is 2.29. The Kier molecular flexibility index (Phi) is 4.18. The van der Waals surface area contributed by atoms with Crippen LogP contribution in [-0.2, 0) is 5.60 Å². The molecule has 5 nitrogen and oxygen atoms in total. The molecular formula is C17H13F2NO4. The van der Waals surface area contributed by atoms with E-state index in [9.17, 15) is 18.7 Å². The molecule has 0 fully saturated rings. The predicted molar refractivity (Wildman–Crippen MR) is 79.1 cm³/mol. The molecule has 0 unspecified atom stereocenters. The first-order chi connectivity index (χ1) is 11.5. The van der Waals surface area contributed by atoms with Gasteiger partial charge in [-0.3, -0.25) is 4.79 Å². The van der Waals surface area contributed by atoms with Crippen molar-refractivity contribution in [2.75, 3.05) is 6.54 Å². The van der Waals surface area contributed by atoms with Crippen LogP contribution in [0.25, 0.3) is 0 Å². The smallest absolute Gasteiger partial charge is 0.251 e. The SMILES string of the molecule is O=C(NC[C@](O)(c1ccoc1)c1ccco1)c1ccc(F)c(F)c1. The van der Waals surface area contributed by atoms with Crippen LogP contribution in [0.15, 0.2) is 64.0 Å². The monoisotopic (exact) mass is 333 g/mol. The van der Waals surface area contributed by atoms with Crippen molar-refractivity contribution in [1.29, 1.82) is 0 Å². The van der Waals surface area contributed by atoms with Gasteiger partial charge in [0.25, 0.3) is 5.91 Å². The zero-order valence-electron chi connectivity index (χ0n) is 12.3. The summed E-state index contributed by atoms with van der Waals surface area (Å²) in [6.45, 7) is -0.252. The van der Waals surface area contributed by atoms with Crippen molar-refractivity contribution in [1.82, 2.24) is 5.32 Å². The molecule has 2 N–H and O–H groups in total. The predicted octanol–water partition coefficient (Wildman–Crippen LogP) is 2.82. The molecule has 24 heavy (non-hydrogen) atoms. The largest absolute Gasteiger partial charge is 0.472 e. The Morgan fingerprint density at radius 2 is 2.00 bits per heavy atom. The van der Waals surface area contributed by atoms with Crippen molar-refractivity contribution >= 4 is 5.91 Å². The summed E-state index contributed by atoms with van der Waals surface area (Å²) in [7, 11) is 0. The highest BCUT2D eigenvalue weighted by atomic mass is 19.2. The van der Waals surface area contributed by atoms with Gasteiger partial charge in [-0.25, -0.2) is 8.78 Å². The van der Waals surface area contributed by atoms with E-state index in [2.05, 4.69) is 5.32 Å². The number of furan rings is 2. The summed E-state index contributed by atoms with van der Waals surface area (Å²) in [6, 6.07) is 7.48. The molecule has 0 saturated carbocycles. The fourth-order valence-corrected chi connectivity index (χ4v) is 2.29. The van der Waals surface area contributed by atoms with Crippen molar-refractivity contribution in [3.63, 3.8) is 0 Å². The van der Waals surface area contributed by atoms with E-state index < -0.39 is 23.1 Å². The van der Waals surface area contributed by atoms with Crippen molar-refractivity contribution in [2.24, 2.45) is 0 Å². The Morgan fingerprint density at radius 3 is 2.62 bits per heavy atom. The molecule has 0 bridgehead atoms. The van der Waals surface area contributed by atoms with Crippen molar-refractivity contribution < 1.29 is 27.5 Å². The van der Waals surface area contributed by atoms with Gasteiger partial charge in [-0.15, -0.1) is 0 Å². The lowest BCUT2D eigenvalue weighted by molar-refractivity contribution is 0.0520. The van der Waals surface area contributed by atoms with Gasteiger partial charge < -0.3 is 19.3 Å².